The van der Waals surface area contributed by atoms with Crippen molar-refractivity contribution in [3.8, 4) is 0 Å². The quantitative estimate of drug-likeness (QED) is 0.654. The molecule has 2 rings (SSSR count). The summed E-state index contributed by atoms with van der Waals surface area (Å²) < 4.78 is 39.5. The lowest BCUT2D eigenvalue weighted by atomic mass is 10.2. The molecular formula is C15H19F3N3O2+. The molecule has 0 saturated heterocycles. The van der Waals surface area contributed by atoms with E-state index in [0.29, 0.717) is 4.90 Å². The van der Waals surface area contributed by atoms with Gasteiger partial charge in [-0.25, -0.2) is 13.2 Å². The minimum absolute atomic E-state index is 0.0886. The van der Waals surface area contributed by atoms with Gasteiger partial charge in [-0.3, -0.25) is 9.59 Å². The zero-order valence-electron chi connectivity index (χ0n) is 12.9. The summed E-state index contributed by atoms with van der Waals surface area (Å²) in [5.74, 6) is -5.17. The van der Waals surface area contributed by atoms with Crippen LogP contribution in [0.3, 0.4) is 0 Å². The average Bonchev–Trinajstić information content (AvgIpc) is 3.30. The van der Waals surface area contributed by atoms with Crippen LogP contribution in [0, 0.1) is 17.5 Å². The standard InChI is InChI=1S/C15H18F3N3O2/c1-8(21(2)7-12(22)19-9-3-4-9)15(23)20-11-6-5-10(16)13(17)14(11)18/h5-6,8-9H,3-4,7H2,1-2H3,(H,19,22)(H,20,23)/p+1/t8-/m0/s1. The average molecular weight is 330 g/mol. The Balaban J connectivity index is 1.93. The highest BCUT2D eigenvalue weighted by Crippen LogP contribution is 2.19. The number of hydrogen-bond acceptors (Lipinski definition) is 2. The Labute approximate surface area is 131 Å². The van der Waals surface area contributed by atoms with E-state index >= 15 is 0 Å². The molecule has 2 atom stereocenters. The second-order valence-corrected chi connectivity index (χ2v) is 5.80. The second-order valence-electron chi connectivity index (χ2n) is 5.80. The Morgan fingerprint density at radius 3 is 2.52 bits per heavy atom. The lowest BCUT2D eigenvalue weighted by Gasteiger charge is -2.20. The summed E-state index contributed by atoms with van der Waals surface area (Å²) in [7, 11) is 1.65. The first kappa shape index (κ1) is 17.3. The maximum atomic E-state index is 13.5. The molecule has 3 N–H and O–H groups in total. The summed E-state index contributed by atoms with van der Waals surface area (Å²) in [5, 5.41) is 5.02. The fraction of sp³-hybridized carbons (Fsp3) is 0.467. The maximum Gasteiger partial charge on any atom is 0.282 e. The van der Waals surface area contributed by atoms with Crippen molar-refractivity contribution in [2.45, 2.75) is 31.8 Å². The Morgan fingerprint density at radius 2 is 1.91 bits per heavy atom. The number of rotatable bonds is 6. The molecule has 0 bridgehead atoms. The number of likely N-dealkylation sites (N-methyl/N-ethyl adjacent to an activating group) is 1. The molecule has 1 aliphatic carbocycles. The van der Waals surface area contributed by atoms with E-state index < -0.39 is 35.1 Å². The molecule has 126 valence electrons. The predicted molar refractivity (Wildman–Crippen MR) is 77.3 cm³/mol. The molecule has 8 heteroatoms. The van der Waals surface area contributed by atoms with Gasteiger partial charge in [0.15, 0.2) is 30.0 Å². The van der Waals surface area contributed by atoms with Crippen LogP contribution in [0.2, 0.25) is 0 Å². The highest BCUT2D eigenvalue weighted by molar-refractivity contribution is 5.93. The van der Waals surface area contributed by atoms with Crippen molar-refractivity contribution in [3.63, 3.8) is 0 Å². The van der Waals surface area contributed by atoms with Crippen molar-refractivity contribution in [2.24, 2.45) is 0 Å². The van der Waals surface area contributed by atoms with Gasteiger partial charge in [0.05, 0.1) is 12.7 Å². The van der Waals surface area contributed by atoms with Crippen molar-refractivity contribution in [3.05, 3.63) is 29.6 Å². The number of quaternary nitrogens is 1. The minimum atomic E-state index is -1.64. The third-order valence-electron chi connectivity index (χ3n) is 3.81. The van der Waals surface area contributed by atoms with Crippen LogP contribution in [0.15, 0.2) is 12.1 Å². The molecule has 23 heavy (non-hydrogen) atoms. The Hall–Kier alpha value is -2.09. The van der Waals surface area contributed by atoms with Gasteiger partial charge in [0.2, 0.25) is 0 Å². The van der Waals surface area contributed by atoms with Crippen molar-refractivity contribution >= 4 is 17.5 Å². The van der Waals surface area contributed by atoms with Gasteiger partial charge in [0, 0.05) is 6.04 Å². The number of nitrogens with one attached hydrogen (secondary N) is 3. The van der Waals surface area contributed by atoms with Crippen molar-refractivity contribution in [1.29, 1.82) is 0 Å². The Morgan fingerprint density at radius 1 is 1.26 bits per heavy atom. The highest BCUT2D eigenvalue weighted by Gasteiger charge is 2.28. The molecule has 1 fully saturated rings. The number of anilines is 1. The topological polar surface area (TPSA) is 62.6 Å². The van der Waals surface area contributed by atoms with Gasteiger partial charge in [-0.05, 0) is 31.9 Å². The molecule has 2 amide bonds. The predicted octanol–water partition coefficient (Wildman–Crippen LogP) is 0.224. The zero-order chi connectivity index (χ0) is 17.1. The van der Waals surface area contributed by atoms with E-state index in [1.165, 1.54) is 0 Å². The normalized spacial score (nSPS) is 16.6. The first-order chi connectivity index (χ1) is 10.8. The SMILES string of the molecule is C[C@@H](C(=O)Nc1ccc(F)c(F)c1F)[NH+](C)CC(=O)NC1CC1. The summed E-state index contributed by atoms with van der Waals surface area (Å²) in [4.78, 5) is 24.4. The molecule has 1 aromatic rings. The number of amides is 2. The first-order valence-corrected chi connectivity index (χ1v) is 7.35. The van der Waals surface area contributed by atoms with Crippen LogP contribution in [0.1, 0.15) is 19.8 Å². The van der Waals surface area contributed by atoms with Crippen LogP contribution in [0.25, 0.3) is 0 Å². The van der Waals surface area contributed by atoms with Crippen LogP contribution in [0.5, 0.6) is 0 Å². The van der Waals surface area contributed by atoms with Crippen molar-refractivity contribution in [1.82, 2.24) is 5.32 Å². The zero-order valence-corrected chi connectivity index (χ0v) is 12.9. The van der Waals surface area contributed by atoms with E-state index in [9.17, 15) is 22.8 Å². The van der Waals surface area contributed by atoms with E-state index in [0.717, 1.165) is 25.0 Å². The van der Waals surface area contributed by atoms with Gasteiger partial charge in [0.25, 0.3) is 11.8 Å². The van der Waals surface area contributed by atoms with E-state index in [1.54, 1.807) is 14.0 Å². The fourth-order valence-corrected chi connectivity index (χ4v) is 2.00. The van der Waals surface area contributed by atoms with Crippen LogP contribution in [-0.2, 0) is 9.59 Å². The van der Waals surface area contributed by atoms with E-state index in [1.807, 2.05) is 0 Å². The molecule has 1 aromatic carbocycles. The summed E-state index contributed by atoms with van der Waals surface area (Å²) in [6, 6.07) is 1.24. The van der Waals surface area contributed by atoms with E-state index in [2.05, 4.69) is 10.6 Å². The molecule has 0 heterocycles. The Bertz CT molecular complexity index is 620. The van der Waals surface area contributed by atoms with Gasteiger partial charge in [-0.15, -0.1) is 0 Å². The van der Waals surface area contributed by atoms with Crippen molar-refractivity contribution < 1.29 is 27.7 Å². The van der Waals surface area contributed by atoms with Gasteiger partial charge >= 0.3 is 0 Å². The van der Waals surface area contributed by atoms with Crippen LogP contribution in [0.4, 0.5) is 18.9 Å². The molecule has 0 radical (unpaired) electrons. The molecular weight excluding hydrogens is 311 g/mol. The molecule has 5 nitrogen and oxygen atoms in total. The molecule has 1 saturated carbocycles. The van der Waals surface area contributed by atoms with Crippen LogP contribution < -0.4 is 15.5 Å². The number of carbonyl (C=O) groups is 2. The lowest BCUT2D eigenvalue weighted by molar-refractivity contribution is -0.885. The van der Waals surface area contributed by atoms with E-state index in [-0.39, 0.29) is 18.5 Å². The highest BCUT2D eigenvalue weighted by atomic mass is 19.2. The third kappa shape index (κ3) is 4.44. The number of carbonyl (C=O) groups excluding carboxylic acids is 2. The molecule has 1 unspecified atom stereocenters. The largest absolute Gasteiger partial charge is 0.348 e. The van der Waals surface area contributed by atoms with Gasteiger partial charge in [0.1, 0.15) is 0 Å². The summed E-state index contributed by atoms with van der Waals surface area (Å²) in [6.45, 7) is 1.65. The molecule has 1 aliphatic rings. The summed E-state index contributed by atoms with van der Waals surface area (Å²) >= 11 is 0. The molecule has 0 aliphatic heterocycles. The maximum absolute atomic E-state index is 13.5. The van der Waals surface area contributed by atoms with Gasteiger partial charge in [-0.1, -0.05) is 0 Å². The smallest absolute Gasteiger partial charge is 0.282 e. The first-order valence-electron chi connectivity index (χ1n) is 7.35. The van der Waals surface area contributed by atoms with Crippen LogP contribution >= 0.6 is 0 Å². The number of benzene rings is 1. The Kier molecular flexibility index (Phi) is 5.25. The second kappa shape index (κ2) is 6.99. The van der Waals surface area contributed by atoms with Crippen molar-refractivity contribution in [2.75, 3.05) is 18.9 Å². The number of hydrogen-bond donors (Lipinski definition) is 3. The van der Waals surface area contributed by atoms with Gasteiger partial charge < -0.3 is 15.5 Å². The monoisotopic (exact) mass is 330 g/mol. The summed E-state index contributed by atoms with van der Waals surface area (Å²) in [6.07, 6.45) is 1.94. The molecule has 0 aromatic heterocycles. The van der Waals surface area contributed by atoms with E-state index in [4.69, 9.17) is 0 Å². The lowest BCUT2D eigenvalue weighted by Crippen LogP contribution is -3.15. The van der Waals surface area contributed by atoms with Gasteiger partial charge in [-0.2, -0.15) is 0 Å². The minimum Gasteiger partial charge on any atom is -0.348 e. The fourth-order valence-electron chi connectivity index (χ4n) is 2.00. The number of halogens is 3. The summed E-state index contributed by atoms with van der Waals surface area (Å²) in [5.41, 5.74) is -0.434. The molecule has 0 spiro atoms. The third-order valence-corrected chi connectivity index (χ3v) is 3.81. The van der Waals surface area contributed by atoms with Crippen LogP contribution in [-0.4, -0.2) is 37.5 Å².